The molecule has 1 aromatic carbocycles. The fraction of sp³-hybridized carbons (Fsp3) is 0.632. The molecule has 1 fully saturated rings. The lowest BCUT2D eigenvalue weighted by Crippen LogP contribution is -2.51. The van der Waals surface area contributed by atoms with Crippen molar-refractivity contribution < 1.29 is 22.1 Å². The summed E-state index contributed by atoms with van der Waals surface area (Å²) >= 11 is 6.16. The number of hydrogen-bond donors (Lipinski definition) is 0. The Balaban J connectivity index is 1.99. The molecule has 1 spiro atoms. The van der Waals surface area contributed by atoms with Gasteiger partial charge in [-0.15, -0.1) is 0 Å². The van der Waals surface area contributed by atoms with Crippen molar-refractivity contribution in [3.05, 3.63) is 44.8 Å². The third-order valence-electron chi connectivity index (χ3n) is 5.46. The maximum Gasteiger partial charge on any atom is 0.410 e. The number of carbonyl (C=O) groups is 1. The van der Waals surface area contributed by atoms with Crippen LogP contribution in [-0.4, -0.2) is 50.5 Å². The van der Waals surface area contributed by atoms with Crippen LogP contribution >= 0.6 is 11.6 Å². The van der Waals surface area contributed by atoms with Crippen molar-refractivity contribution in [2.75, 3.05) is 19.3 Å². The highest BCUT2D eigenvalue weighted by Gasteiger charge is 2.55. The van der Waals surface area contributed by atoms with E-state index in [1.807, 2.05) is 6.07 Å². The normalized spacial score (nSPS) is 23.0. The highest BCUT2D eigenvalue weighted by atomic mass is 35.5. The first-order valence-corrected chi connectivity index (χ1v) is 11.8. The SMILES string of the molecule is CC(C)(C)OC(=O)N1CCC2(CC1)c1ccc(Cl)cc1[C@@H](N=[N+]=[N-])[C@@H]2OS(C)(=O)=O. The van der Waals surface area contributed by atoms with E-state index < -0.39 is 39.4 Å². The third-order valence-corrected chi connectivity index (χ3v) is 6.25. The van der Waals surface area contributed by atoms with Crippen LogP contribution in [-0.2, 0) is 24.5 Å². The van der Waals surface area contributed by atoms with Gasteiger partial charge in [0.05, 0.1) is 18.4 Å². The van der Waals surface area contributed by atoms with Crippen LogP contribution in [0.15, 0.2) is 23.3 Å². The van der Waals surface area contributed by atoms with Crippen LogP contribution < -0.4 is 0 Å². The lowest BCUT2D eigenvalue weighted by Gasteiger charge is -2.43. The highest BCUT2D eigenvalue weighted by molar-refractivity contribution is 7.86. The highest BCUT2D eigenvalue weighted by Crippen LogP contribution is 2.54. The zero-order chi connectivity index (χ0) is 22.3. The van der Waals surface area contributed by atoms with E-state index in [2.05, 4.69) is 10.0 Å². The van der Waals surface area contributed by atoms with Crippen molar-refractivity contribution in [2.45, 2.75) is 56.8 Å². The average molecular weight is 457 g/mol. The summed E-state index contributed by atoms with van der Waals surface area (Å²) in [5.41, 5.74) is 9.24. The van der Waals surface area contributed by atoms with Crippen molar-refractivity contribution >= 4 is 27.8 Å². The Morgan fingerprint density at radius 2 is 1.97 bits per heavy atom. The van der Waals surface area contributed by atoms with Gasteiger partial charge in [-0.25, -0.2) is 4.79 Å². The van der Waals surface area contributed by atoms with Crippen molar-refractivity contribution in [2.24, 2.45) is 5.11 Å². The molecule has 9 nitrogen and oxygen atoms in total. The number of nitrogens with zero attached hydrogens (tertiary/aromatic N) is 4. The first-order chi connectivity index (χ1) is 13.9. The number of benzene rings is 1. The van der Waals surface area contributed by atoms with Crippen LogP contribution in [0, 0.1) is 0 Å². The zero-order valence-corrected chi connectivity index (χ0v) is 18.9. The van der Waals surface area contributed by atoms with Crippen LogP contribution in [0.1, 0.15) is 50.8 Å². The molecule has 1 aliphatic heterocycles. The van der Waals surface area contributed by atoms with Gasteiger partial charge >= 0.3 is 6.09 Å². The molecule has 0 radical (unpaired) electrons. The maximum atomic E-state index is 12.5. The van der Waals surface area contributed by atoms with Gasteiger partial charge in [0.1, 0.15) is 5.60 Å². The number of halogens is 1. The van der Waals surface area contributed by atoms with Crippen LogP contribution in [0.25, 0.3) is 10.4 Å². The van der Waals surface area contributed by atoms with Crippen LogP contribution in [0.5, 0.6) is 0 Å². The first-order valence-electron chi connectivity index (χ1n) is 9.57. The summed E-state index contributed by atoms with van der Waals surface area (Å²) in [7, 11) is -3.84. The number of ether oxygens (including phenoxy) is 1. The second kappa shape index (κ2) is 7.92. The van der Waals surface area contributed by atoms with Gasteiger partial charge < -0.3 is 9.64 Å². The Labute approximate surface area is 181 Å². The Kier molecular flexibility index (Phi) is 5.99. The fourth-order valence-corrected chi connectivity index (χ4v) is 5.18. The van der Waals surface area contributed by atoms with E-state index in [0.29, 0.717) is 36.5 Å². The number of hydrogen-bond acceptors (Lipinski definition) is 6. The molecule has 11 heteroatoms. The van der Waals surface area contributed by atoms with E-state index in [-0.39, 0.29) is 0 Å². The van der Waals surface area contributed by atoms with E-state index in [0.717, 1.165) is 11.8 Å². The molecule has 0 unspecified atom stereocenters. The fourth-order valence-electron chi connectivity index (χ4n) is 4.33. The molecule has 1 aliphatic carbocycles. The lowest BCUT2D eigenvalue weighted by molar-refractivity contribution is 0.00469. The van der Waals surface area contributed by atoms with Crippen LogP contribution in [0.2, 0.25) is 5.02 Å². The minimum absolute atomic E-state index is 0.351. The number of fused-ring (bicyclic) bond motifs is 2. The van der Waals surface area contributed by atoms with E-state index in [9.17, 15) is 13.2 Å². The second-order valence-corrected chi connectivity index (χ2v) is 10.8. The summed E-state index contributed by atoms with van der Waals surface area (Å²) in [5.74, 6) is 0. The number of rotatable bonds is 3. The molecule has 30 heavy (non-hydrogen) atoms. The molecule has 164 valence electrons. The van der Waals surface area contributed by atoms with Gasteiger partial charge in [0.15, 0.2) is 0 Å². The van der Waals surface area contributed by atoms with Crippen LogP contribution in [0.3, 0.4) is 0 Å². The predicted molar refractivity (Wildman–Crippen MR) is 112 cm³/mol. The van der Waals surface area contributed by atoms with Gasteiger partial charge in [0.25, 0.3) is 10.1 Å². The number of likely N-dealkylation sites (tertiary alicyclic amines) is 1. The molecule has 0 aromatic heterocycles. The maximum absolute atomic E-state index is 12.5. The number of piperidine rings is 1. The minimum Gasteiger partial charge on any atom is -0.444 e. The van der Waals surface area contributed by atoms with E-state index in [1.165, 1.54) is 0 Å². The Morgan fingerprint density at radius 1 is 1.33 bits per heavy atom. The summed E-state index contributed by atoms with van der Waals surface area (Å²) in [6.07, 6.45) is 0.493. The standard InChI is InChI=1S/C19H25ClN4O5S/c1-18(2,3)28-17(25)24-9-7-19(8-10-24)14-6-5-12(20)11-13(14)15(22-23-21)16(19)29-30(4,26)27/h5-6,11,15-16H,7-10H2,1-4H3/t15-,16+/m1/s1. The first kappa shape index (κ1) is 22.7. The minimum atomic E-state index is -3.84. The molecule has 3 rings (SSSR count). The van der Waals surface area contributed by atoms with Gasteiger partial charge in [0, 0.05) is 28.4 Å². The van der Waals surface area contributed by atoms with Gasteiger partial charge in [-0.05, 0) is 62.4 Å². The van der Waals surface area contributed by atoms with Gasteiger partial charge in [-0.2, -0.15) is 8.42 Å². The predicted octanol–water partition coefficient (Wildman–Crippen LogP) is 4.32. The van der Waals surface area contributed by atoms with Crippen molar-refractivity contribution in [1.29, 1.82) is 0 Å². The second-order valence-electron chi connectivity index (χ2n) is 8.73. The smallest absolute Gasteiger partial charge is 0.410 e. The van der Waals surface area contributed by atoms with E-state index in [4.69, 9.17) is 26.1 Å². The van der Waals surface area contributed by atoms with Crippen molar-refractivity contribution in [1.82, 2.24) is 4.90 Å². The molecule has 1 aromatic rings. The summed E-state index contributed by atoms with van der Waals surface area (Å²) in [6.45, 7) is 6.10. The van der Waals surface area contributed by atoms with E-state index >= 15 is 0 Å². The number of azide groups is 1. The summed E-state index contributed by atoms with van der Waals surface area (Å²) in [6, 6.07) is 4.39. The van der Waals surface area contributed by atoms with Crippen molar-refractivity contribution in [3.8, 4) is 0 Å². The van der Waals surface area contributed by atoms with Crippen LogP contribution in [0.4, 0.5) is 4.79 Å². The Morgan fingerprint density at radius 3 is 2.50 bits per heavy atom. The number of carbonyl (C=O) groups excluding carboxylic acids is 1. The number of amides is 1. The molecular formula is C19H25ClN4O5S. The molecule has 0 N–H and O–H groups in total. The largest absolute Gasteiger partial charge is 0.444 e. The van der Waals surface area contributed by atoms with E-state index in [1.54, 1.807) is 37.8 Å². The summed E-state index contributed by atoms with van der Waals surface area (Å²) < 4.78 is 35.0. The molecule has 0 saturated carbocycles. The Hall–Kier alpha value is -2.00. The van der Waals surface area contributed by atoms with Gasteiger partial charge in [-0.3, -0.25) is 4.18 Å². The molecule has 2 atom stereocenters. The molecule has 1 heterocycles. The average Bonchev–Trinajstić information content (AvgIpc) is 2.83. The summed E-state index contributed by atoms with van der Waals surface area (Å²) in [4.78, 5) is 17.0. The van der Waals surface area contributed by atoms with Gasteiger partial charge in [-0.1, -0.05) is 22.8 Å². The molecular weight excluding hydrogens is 432 g/mol. The zero-order valence-electron chi connectivity index (χ0n) is 17.3. The van der Waals surface area contributed by atoms with Gasteiger partial charge in [0.2, 0.25) is 0 Å². The Bertz CT molecular complexity index is 993. The van der Waals surface area contributed by atoms with Crippen molar-refractivity contribution in [3.63, 3.8) is 0 Å². The molecule has 0 bridgehead atoms. The molecule has 1 amide bonds. The quantitative estimate of drug-likeness (QED) is 0.290. The molecule has 2 aliphatic rings. The topological polar surface area (TPSA) is 122 Å². The molecule has 1 saturated heterocycles. The third kappa shape index (κ3) is 4.51. The monoisotopic (exact) mass is 456 g/mol. The lowest BCUT2D eigenvalue weighted by atomic mass is 9.72. The summed E-state index contributed by atoms with van der Waals surface area (Å²) in [5, 5.41) is 4.30.